The van der Waals surface area contributed by atoms with Gasteiger partial charge in [0, 0.05) is 6.42 Å². The molecule has 0 amide bonds. The third-order valence-electron chi connectivity index (χ3n) is 2.48. The van der Waals surface area contributed by atoms with E-state index in [2.05, 4.69) is 6.92 Å². The van der Waals surface area contributed by atoms with Gasteiger partial charge in [-0.25, -0.2) is 0 Å². The molecule has 0 radical (unpaired) electrons. The molecule has 0 bridgehead atoms. The minimum absolute atomic E-state index is 0.376. The van der Waals surface area contributed by atoms with Gasteiger partial charge >= 0.3 is 5.97 Å². The standard InChI is InChI=1S/C8H14O2/c1-6-3-2-4-7(6)5-8(9)10/h6-7H,2-5H2,1H3,(H,9,10)/t6?,7-/m1/s1. The van der Waals surface area contributed by atoms with Gasteiger partial charge in [-0.15, -0.1) is 0 Å². The van der Waals surface area contributed by atoms with Crippen molar-refractivity contribution in [1.29, 1.82) is 0 Å². The number of rotatable bonds is 2. The summed E-state index contributed by atoms with van der Waals surface area (Å²) in [6, 6.07) is 0. The number of hydrogen-bond donors (Lipinski definition) is 1. The molecule has 58 valence electrons. The van der Waals surface area contributed by atoms with Crippen molar-refractivity contribution in [3.63, 3.8) is 0 Å². The molecule has 2 heteroatoms. The first-order chi connectivity index (χ1) is 4.70. The van der Waals surface area contributed by atoms with Gasteiger partial charge in [-0.2, -0.15) is 0 Å². The van der Waals surface area contributed by atoms with Crippen molar-refractivity contribution in [2.75, 3.05) is 0 Å². The first-order valence-electron chi connectivity index (χ1n) is 3.92. The molecule has 0 aromatic heterocycles. The van der Waals surface area contributed by atoms with E-state index in [0.717, 1.165) is 6.42 Å². The summed E-state index contributed by atoms with van der Waals surface area (Å²) in [4.78, 5) is 10.3. The fourth-order valence-electron chi connectivity index (χ4n) is 1.75. The molecule has 2 atom stereocenters. The molecule has 2 nitrogen and oxygen atoms in total. The maximum Gasteiger partial charge on any atom is 0.303 e. The molecule has 0 heterocycles. The first kappa shape index (κ1) is 7.58. The highest BCUT2D eigenvalue weighted by molar-refractivity contribution is 5.67. The zero-order valence-corrected chi connectivity index (χ0v) is 6.34. The fraction of sp³-hybridized carbons (Fsp3) is 0.875. The van der Waals surface area contributed by atoms with Crippen LogP contribution >= 0.6 is 0 Å². The molecule has 1 saturated carbocycles. The Labute approximate surface area is 61.2 Å². The molecule has 1 aliphatic carbocycles. The summed E-state index contributed by atoms with van der Waals surface area (Å²) < 4.78 is 0. The van der Waals surface area contributed by atoms with Gasteiger partial charge in [0.2, 0.25) is 0 Å². The molecule has 1 fully saturated rings. The third-order valence-corrected chi connectivity index (χ3v) is 2.48. The smallest absolute Gasteiger partial charge is 0.303 e. The van der Waals surface area contributed by atoms with E-state index in [1.807, 2.05) is 0 Å². The second-order valence-electron chi connectivity index (χ2n) is 3.27. The molecule has 10 heavy (non-hydrogen) atoms. The highest BCUT2D eigenvalue weighted by atomic mass is 16.4. The van der Waals surface area contributed by atoms with Crippen LogP contribution in [0.15, 0.2) is 0 Å². The van der Waals surface area contributed by atoms with Gasteiger partial charge in [-0.05, 0) is 18.3 Å². The molecule has 0 spiro atoms. The lowest BCUT2D eigenvalue weighted by Crippen LogP contribution is -2.09. The van der Waals surface area contributed by atoms with E-state index >= 15 is 0 Å². The van der Waals surface area contributed by atoms with Crippen LogP contribution in [-0.2, 0) is 4.79 Å². The lowest BCUT2D eigenvalue weighted by Gasteiger charge is -2.10. The molecular formula is C8H14O2. The summed E-state index contributed by atoms with van der Waals surface area (Å²) in [5.41, 5.74) is 0. The van der Waals surface area contributed by atoms with Crippen molar-refractivity contribution in [2.24, 2.45) is 11.8 Å². The van der Waals surface area contributed by atoms with Crippen molar-refractivity contribution < 1.29 is 9.90 Å². The molecule has 1 unspecified atom stereocenters. The Bertz CT molecular complexity index is 131. The van der Waals surface area contributed by atoms with E-state index in [1.165, 1.54) is 12.8 Å². The molecule has 0 aliphatic heterocycles. The SMILES string of the molecule is CC1CCC[C@@H]1CC(=O)O. The van der Waals surface area contributed by atoms with Gasteiger partial charge in [0.15, 0.2) is 0 Å². The molecule has 1 aliphatic rings. The Hall–Kier alpha value is -0.530. The maximum atomic E-state index is 10.3. The van der Waals surface area contributed by atoms with Crippen LogP contribution in [0.2, 0.25) is 0 Å². The Morgan fingerprint density at radius 3 is 2.70 bits per heavy atom. The van der Waals surface area contributed by atoms with Crippen molar-refractivity contribution >= 4 is 5.97 Å². The molecular weight excluding hydrogens is 128 g/mol. The summed E-state index contributed by atoms with van der Waals surface area (Å²) >= 11 is 0. The van der Waals surface area contributed by atoms with Gasteiger partial charge in [-0.1, -0.05) is 19.8 Å². The van der Waals surface area contributed by atoms with E-state index in [-0.39, 0.29) is 0 Å². The van der Waals surface area contributed by atoms with Gasteiger partial charge in [0.05, 0.1) is 0 Å². The summed E-state index contributed by atoms with van der Waals surface area (Å²) in [5.74, 6) is 0.451. The molecule has 0 aromatic carbocycles. The normalized spacial score (nSPS) is 32.5. The Balaban J connectivity index is 2.33. The van der Waals surface area contributed by atoms with Crippen LogP contribution in [0.3, 0.4) is 0 Å². The highest BCUT2D eigenvalue weighted by Gasteiger charge is 2.24. The number of aliphatic carboxylic acids is 1. The number of hydrogen-bond acceptors (Lipinski definition) is 1. The Kier molecular flexibility index (Phi) is 2.30. The lowest BCUT2D eigenvalue weighted by molar-refractivity contribution is -0.138. The first-order valence-corrected chi connectivity index (χ1v) is 3.92. The van der Waals surface area contributed by atoms with Gasteiger partial charge < -0.3 is 5.11 Å². The zero-order chi connectivity index (χ0) is 7.56. The van der Waals surface area contributed by atoms with Crippen LogP contribution in [0.4, 0.5) is 0 Å². The average molecular weight is 142 g/mol. The van der Waals surface area contributed by atoms with Crippen LogP contribution < -0.4 is 0 Å². The molecule has 1 N–H and O–H groups in total. The predicted octanol–water partition coefficient (Wildman–Crippen LogP) is 1.90. The van der Waals surface area contributed by atoms with Gasteiger partial charge in [0.1, 0.15) is 0 Å². The average Bonchev–Trinajstić information content (AvgIpc) is 2.15. The largest absolute Gasteiger partial charge is 0.481 e. The Morgan fingerprint density at radius 2 is 2.30 bits per heavy atom. The quantitative estimate of drug-likeness (QED) is 0.639. The van der Waals surface area contributed by atoms with Crippen LogP contribution in [0, 0.1) is 11.8 Å². The van der Waals surface area contributed by atoms with Crippen molar-refractivity contribution in [2.45, 2.75) is 32.6 Å². The van der Waals surface area contributed by atoms with Crippen molar-refractivity contribution in [3.05, 3.63) is 0 Å². The van der Waals surface area contributed by atoms with Crippen molar-refractivity contribution in [3.8, 4) is 0 Å². The second kappa shape index (κ2) is 3.04. The summed E-state index contributed by atoms with van der Waals surface area (Å²) in [5, 5.41) is 8.49. The van der Waals surface area contributed by atoms with E-state index < -0.39 is 5.97 Å². The minimum Gasteiger partial charge on any atom is -0.481 e. The minimum atomic E-state index is -0.640. The monoisotopic (exact) mass is 142 g/mol. The fourth-order valence-corrected chi connectivity index (χ4v) is 1.75. The third kappa shape index (κ3) is 1.72. The second-order valence-corrected chi connectivity index (χ2v) is 3.27. The lowest BCUT2D eigenvalue weighted by atomic mass is 9.95. The summed E-state index contributed by atoms with van der Waals surface area (Å²) in [6.45, 7) is 2.15. The number of carboxylic acids is 1. The van der Waals surface area contributed by atoms with Gasteiger partial charge in [-0.3, -0.25) is 4.79 Å². The zero-order valence-electron chi connectivity index (χ0n) is 6.34. The predicted molar refractivity (Wildman–Crippen MR) is 38.8 cm³/mol. The topological polar surface area (TPSA) is 37.3 Å². The van der Waals surface area contributed by atoms with E-state index in [0.29, 0.717) is 18.3 Å². The maximum absolute atomic E-state index is 10.3. The van der Waals surface area contributed by atoms with E-state index in [9.17, 15) is 4.79 Å². The number of carboxylic acid groups (broad SMARTS) is 1. The van der Waals surface area contributed by atoms with Crippen LogP contribution in [0.1, 0.15) is 32.6 Å². The van der Waals surface area contributed by atoms with E-state index in [1.54, 1.807) is 0 Å². The van der Waals surface area contributed by atoms with Crippen molar-refractivity contribution in [1.82, 2.24) is 0 Å². The van der Waals surface area contributed by atoms with E-state index in [4.69, 9.17) is 5.11 Å². The Morgan fingerprint density at radius 1 is 1.60 bits per heavy atom. The molecule has 0 aromatic rings. The number of carbonyl (C=O) groups is 1. The van der Waals surface area contributed by atoms with Crippen LogP contribution in [0.5, 0.6) is 0 Å². The highest BCUT2D eigenvalue weighted by Crippen LogP contribution is 2.33. The van der Waals surface area contributed by atoms with Crippen LogP contribution in [-0.4, -0.2) is 11.1 Å². The van der Waals surface area contributed by atoms with Crippen LogP contribution in [0.25, 0.3) is 0 Å². The molecule has 1 rings (SSSR count). The van der Waals surface area contributed by atoms with Gasteiger partial charge in [0.25, 0.3) is 0 Å². The summed E-state index contributed by atoms with van der Waals surface area (Å²) in [7, 11) is 0. The molecule has 0 saturated heterocycles. The summed E-state index contributed by atoms with van der Waals surface area (Å²) in [6.07, 6.45) is 3.94.